The molecular formula is C10H16Br4O4. The molecule has 0 radical (unpaired) electrons. The number of aliphatic hydroxyl groups is 1. The van der Waals surface area contributed by atoms with Gasteiger partial charge in [-0.3, -0.25) is 9.59 Å². The molecule has 0 saturated carbocycles. The van der Waals surface area contributed by atoms with Gasteiger partial charge >= 0.3 is 5.97 Å². The molecule has 0 aliphatic rings. The van der Waals surface area contributed by atoms with Gasteiger partial charge < -0.3 is 10.2 Å². The summed E-state index contributed by atoms with van der Waals surface area (Å²) < 4.78 is -0.291. The van der Waals surface area contributed by atoms with E-state index in [4.69, 9.17) is 5.11 Å². The Balaban J connectivity index is 0. The summed E-state index contributed by atoms with van der Waals surface area (Å²) in [6.45, 7) is 4.78. The molecule has 18 heavy (non-hydrogen) atoms. The van der Waals surface area contributed by atoms with Crippen molar-refractivity contribution < 1.29 is 19.8 Å². The second-order valence-electron chi connectivity index (χ2n) is 4.21. The molecule has 0 aromatic rings. The third-order valence-electron chi connectivity index (χ3n) is 1.58. The van der Waals surface area contributed by atoms with Crippen LogP contribution in [0.2, 0.25) is 0 Å². The Kier molecular flexibility index (Phi) is 10.7. The van der Waals surface area contributed by atoms with Crippen molar-refractivity contribution in [2.75, 3.05) is 0 Å². The summed E-state index contributed by atoms with van der Waals surface area (Å²) in [4.78, 5) is 19.5. The van der Waals surface area contributed by atoms with Crippen molar-refractivity contribution in [1.82, 2.24) is 0 Å². The van der Waals surface area contributed by atoms with Crippen molar-refractivity contribution in [1.29, 1.82) is 0 Å². The first-order chi connectivity index (χ1) is 7.75. The van der Waals surface area contributed by atoms with Gasteiger partial charge in [-0.25, -0.2) is 0 Å². The molecule has 0 aliphatic carbocycles. The normalized spacial score (nSPS) is 13.3. The number of halogens is 4. The lowest BCUT2D eigenvalue weighted by Gasteiger charge is -2.27. The van der Waals surface area contributed by atoms with Gasteiger partial charge in [0, 0.05) is 4.83 Å². The van der Waals surface area contributed by atoms with E-state index in [-0.39, 0.29) is 19.2 Å². The maximum Gasteiger partial charge on any atom is 0.310 e. The first kappa shape index (κ1) is 21.3. The van der Waals surface area contributed by atoms with Gasteiger partial charge in [0.1, 0.15) is 14.3 Å². The summed E-state index contributed by atoms with van der Waals surface area (Å²) in [5.74, 6) is -1.37. The van der Waals surface area contributed by atoms with Gasteiger partial charge in [0.2, 0.25) is 0 Å². The summed E-state index contributed by atoms with van der Waals surface area (Å²) in [5.41, 5.74) is -0.708. The van der Waals surface area contributed by atoms with Crippen LogP contribution in [-0.4, -0.2) is 34.5 Å². The second-order valence-corrected chi connectivity index (χ2v) is 12.6. The lowest BCUT2D eigenvalue weighted by atomic mass is 10.0. The quantitative estimate of drug-likeness (QED) is 0.438. The lowest BCUT2D eigenvalue weighted by molar-refractivity contribution is -0.139. The third kappa shape index (κ3) is 17.0. The molecule has 8 heteroatoms. The van der Waals surface area contributed by atoms with Gasteiger partial charge in [-0.05, 0) is 27.2 Å². The van der Waals surface area contributed by atoms with E-state index in [1.165, 1.54) is 6.92 Å². The molecule has 0 aliphatic heterocycles. The Labute approximate surface area is 140 Å². The van der Waals surface area contributed by atoms with Crippen molar-refractivity contribution in [3.05, 3.63) is 0 Å². The number of carbonyl (C=O) groups is 2. The van der Waals surface area contributed by atoms with Gasteiger partial charge in [-0.2, -0.15) is 0 Å². The summed E-state index contributed by atoms with van der Waals surface area (Å²) in [7, 11) is 0. The van der Waals surface area contributed by atoms with Crippen LogP contribution in [-0.2, 0) is 9.59 Å². The Morgan fingerprint density at radius 3 is 1.67 bits per heavy atom. The SMILES string of the molecule is CC(=O)CC(=O)O.CC(C)(O)C(Br)CC(Br)(Br)Br. The molecule has 0 heterocycles. The van der Waals surface area contributed by atoms with E-state index in [1.54, 1.807) is 13.8 Å². The largest absolute Gasteiger partial charge is 0.481 e. The average molecular weight is 520 g/mol. The molecule has 1 unspecified atom stereocenters. The predicted molar refractivity (Wildman–Crippen MR) is 86.1 cm³/mol. The zero-order valence-corrected chi connectivity index (χ0v) is 16.6. The number of rotatable bonds is 4. The Morgan fingerprint density at radius 1 is 1.22 bits per heavy atom. The van der Waals surface area contributed by atoms with Gasteiger partial charge in [0.15, 0.2) is 0 Å². The molecular weight excluding hydrogens is 504 g/mol. The number of alkyl halides is 4. The smallest absolute Gasteiger partial charge is 0.310 e. The van der Waals surface area contributed by atoms with E-state index in [0.29, 0.717) is 0 Å². The van der Waals surface area contributed by atoms with Crippen LogP contribution >= 0.6 is 63.7 Å². The minimum Gasteiger partial charge on any atom is -0.481 e. The molecule has 108 valence electrons. The number of Topliss-reactive ketones (excluding diaryl/α,β-unsaturated/α-hetero) is 1. The van der Waals surface area contributed by atoms with Crippen LogP contribution in [0.1, 0.15) is 33.6 Å². The molecule has 0 saturated heterocycles. The Bertz CT molecular complexity index is 269. The highest BCUT2D eigenvalue weighted by Crippen LogP contribution is 2.41. The number of carbonyl (C=O) groups excluding carboxylic acids is 1. The van der Waals surface area contributed by atoms with E-state index in [9.17, 15) is 14.7 Å². The monoisotopic (exact) mass is 516 g/mol. The van der Waals surface area contributed by atoms with E-state index in [2.05, 4.69) is 63.7 Å². The van der Waals surface area contributed by atoms with Crippen LogP contribution in [0.4, 0.5) is 0 Å². The van der Waals surface area contributed by atoms with Crippen molar-refractivity contribution in [3.63, 3.8) is 0 Å². The van der Waals surface area contributed by atoms with Gasteiger partial charge in [0.25, 0.3) is 0 Å². The van der Waals surface area contributed by atoms with Crippen LogP contribution in [0.25, 0.3) is 0 Å². The Hall–Kier alpha value is 1.02. The maximum atomic E-state index is 9.87. The zero-order valence-electron chi connectivity index (χ0n) is 10.2. The molecule has 0 amide bonds. The van der Waals surface area contributed by atoms with Gasteiger partial charge in [0.05, 0.1) is 5.60 Å². The number of aliphatic carboxylic acids is 1. The highest BCUT2D eigenvalue weighted by Gasteiger charge is 2.31. The fraction of sp³-hybridized carbons (Fsp3) is 0.800. The predicted octanol–water partition coefficient (Wildman–Crippen LogP) is 3.80. The number of carboxylic acid groups (broad SMARTS) is 1. The number of hydrogen-bond acceptors (Lipinski definition) is 3. The number of carboxylic acids is 1. The molecule has 4 nitrogen and oxygen atoms in total. The average Bonchev–Trinajstić information content (AvgIpc) is 1.96. The fourth-order valence-electron chi connectivity index (χ4n) is 0.666. The van der Waals surface area contributed by atoms with Crippen molar-refractivity contribution in [2.24, 2.45) is 0 Å². The molecule has 2 N–H and O–H groups in total. The van der Waals surface area contributed by atoms with Crippen molar-refractivity contribution in [2.45, 2.75) is 46.2 Å². The summed E-state index contributed by atoms with van der Waals surface area (Å²) >= 11 is 13.5. The standard InChI is InChI=1S/C6H10Br4O.C4H6O3/c1-5(2,11)4(7)3-6(8,9)10;1-3(5)2-4(6)7/h4,11H,3H2,1-2H3;2H2,1H3,(H,6,7). The highest BCUT2D eigenvalue weighted by atomic mass is 80.0. The minimum atomic E-state index is -1.06. The Morgan fingerprint density at radius 2 is 1.61 bits per heavy atom. The zero-order chi connectivity index (χ0) is 15.1. The topological polar surface area (TPSA) is 74.6 Å². The van der Waals surface area contributed by atoms with Crippen LogP contribution in [0.15, 0.2) is 0 Å². The van der Waals surface area contributed by atoms with Crippen LogP contribution in [0, 0.1) is 0 Å². The van der Waals surface area contributed by atoms with E-state index in [1.807, 2.05) is 0 Å². The molecule has 0 bridgehead atoms. The molecule has 0 rings (SSSR count). The second kappa shape index (κ2) is 9.05. The fourth-order valence-corrected chi connectivity index (χ4v) is 3.43. The van der Waals surface area contributed by atoms with Gasteiger partial charge in [-0.15, -0.1) is 0 Å². The first-order valence-electron chi connectivity index (χ1n) is 4.90. The van der Waals surface area contributed by atoms with E-state index >= 15 is 0 Å². The highest BCUT2D eigenvalue weighted by molar-refractivity contribution is 9.39. The number of hydrogen-bond donors (Lipinski definition) is 2. The van der Waals surface area contributed by atoms with Gasteiger partial charge in [-0.1, -0.05) is 63.7 Å². The number of ketones is 1. The van der Waals surface area contributed by atoms with Crippen LogP contribution in [0.5, 0.6) is 0 Å². The third-order valence-corrected chi connectivity index (χ3v) is 3.99. The van der Waals surface area contributed by atoms with E-state index < -0.39 is 11.6 Å². The molecule has 0 spiro atoms. The van der Waals surface area contributed by atoms with Crippen LogP contribution in [0.3, 0.4) is 0 Å². The first-order valence-corrected chi connectivity index (χ1v) is 8.19. The maximum absolute atomic E-state index is 9.87. The molecule has 0 aromatic carbocycles. The summed E-state index contributed by atoms with van der Waals surface area (Å²) in [6, 6.07) is 0. The molecule has 0 aromatic heterocycles. The summed E-state index contributed by atoms with van der Waals surface area (Å²) in [5, 5.41) is 17.4. The van der Waals surface area contributed by atoms with Crippen molar-refractivity contribution in [3.8, 4) is 0 Å². The summed E-state index contributed by atoms with van der Waals surface area (Å²) in [6.07, 6.45) is 0.372. The van der Waals surface area contributed by atoms with Crippen molar-refractivity contribution >= 4 is 75.5 Å². The minimum absolute atomic E-state index is 0.0353. The molecule has 1 atom stereocenters. The lowest BCUT2D eigenvalue weighted by Crippen LogP contribution is -2.33. The van der Waals surface area contributed by atoms with E-state index in [0.717, 1.165) is 6.42 Å². The molecule has 0 fully saturated rings. The van der Waals surface area contributed by atoms with Crippen LogP contribution < -0.4 is 0 Å².